The summed E-state index contributed by atoms with van der Waals surface area (Å²) in [5, 5.41) is 0.309. The van der Waals surface area contributed by atoms with Gasteiger partial charge in [-0.25, -0.2) is 4.79 Å². The summed E-state index contributed by atoms with van der Waals surface area (Å²) < 4.78 is 1.14. The molecule has 8 heteroatoms. The lowest BCUT2D eigenvalue weighted by Crippen LogP contribution is -2.45. The highest BCUT2D eigenvalue weighted by molar-refractivity contribution is 5.84. The Hall–Kier alpha value is -2.90. The number of hydrazine groups is 1. The predicted octanol–water partition coefficient (Wildman–Crippen LogP) is -0.117. The van der Waals surface area contributed by atoms with E-state index in [2.05, 4.69) is 15.8 Å². The van der Waals surface area contributed by atoms with E-state index in [9.17, 15) is 19.2 Å². The van der Waals surface area contributed by atoms with E-state index in [1.165, 1.54) is 0 Å². The minimum Gasteiger partial charge on any atom is -0.284 e. The van der Waals surface area contributed by atoms with Gasteiger partial charge in [-0.05, 0) is 18.1 Å². The van der Waals surface area contributed by atoms with Gasteiger partial charge in [0.2, 0.25) is 5.91 Å². The first kappa shape index (κ1) is 16.5. The summed E-state index contributed by atoms with van der Waals surface area (Å²) in [7, 11) is 0. The molecule has 23 heavy (non-hydrogen) atoms. The van der Waals surface area contributed by atoms with Crippen LogP contribution >= 0.6 is 0 Å². The summed E-state index contributed by atoms with van der Waals surface area (Å²) in [5.41, 5.74) is 3.70. The van der Waals surface area contributed by atoms with Gasteiger partial charge in [-0.15, -0.1) is 0 Å². The summed E-state index contributed by atoms with van der Waals surface area (Å²) in [6.45, 7) is 3.44. The van der Waals surface area contributed by atoms with Gasteiger partial charge in [-0.1, -0.05) is 26.0 Å². The molecule has 0 radical (unpaired) electrons. The summed E-state index contributed by atoms with van der Waals surface area (Å²) in [5.74, 6) is -0.717. The fraction of sp³-hybridized carbons (Fsp3) is 0.333. The normalized spacial score (nSPS) is 10.7. The lowest BCUT2D eigenvalue weighted by molar-refractivity contribution is -0.129. The number of carbonyl (C=O) groups is 2. The molecule has 0 unspecified atom stereocenters. The molecule has 2 rings (SSSR count). The van der Waals surface area contributed by atoms with Crippen LogP contribution in [0, 0.1) is 5.92 Å². The van der Waals surface area contributed by atoms with Gasteiger partial charge < -0.3 is 0 Å². The van der Waals surface area contributed by atoms with Crippen molar-refractivity contribution in [2.24, 2.45) is 5.92 Å². The zero-order valence-corrected chi connectivity index (χ0v) is 12.9. The van der Waals surface area contributed by atoms with E-state index >= 15 is 0 Å². The number of hydrogen-bond donors (Lipinski definition) is 3. The molecule has 0 bridgehead atoms. The smallest absolute Gasteiger partial charge is 0.284 e. The van der Waals surface area contributed by atoms with Gasteiger partial charge in [0.25, 0.3) is 11.5 Å². The zero-order chi connectivity index (χ0) is 17.0. The second-order valence-corrected chi connectivity index (χ2v) is 5.56. The number of H-pyrrole nitrogens is 1. The minimum atomic E-state index is -0.683. The third-order valence-electron chi connectivity index (χ3n) is 3.14. The molecular weight excluding hydrogens is 300 g/mol. The van der Waals surface area contributed by atoms with Crippen molar-refractivity contribution in [1.29, 1.82) is 0 Å². The van der Waals surface area contributed by atoms with Gasteiger partial charge in [0.15, 0.2) is 0 Å². The lowest BCUT2D eigenvalue weighted by Gasteiger charge is -2.11. The molecule has 3 N–H and O–H groups in total. The first-order valence-corrected chi connectivity index (χ1v) is 7.18. The highest BCUT2D eigenvalue weighted by Gasteiger charge is 2.11. The van der Waals surface area contributed by atoms with E-state index in [0.717, 1.165) is 4.57 Å². The van der Waals surface area contributed by atoms with Crippen LogP contribution in [-0.2, 0) is 16.1 Å². The van der Waals surface area contributed by atoms with Crippen LogP contribution in [0.15, 0.2) is 33.9 Å². The molecule has 1 aromatic carbocycles. The average molecular weight is 318 g/mol. The number of fused-ring (bicyclic) bond motifs is 1. The maximum atomic E-state index is 11.9. The van der Waals surface area contributed by atoms with Crippen LogP contribution in [0.2, 0.25) is 0 Å². The van der Waals surface area contributed by atoms with Gasteiger partial charge >= 0.3 is 5.69 Å². The summed E-state index contributed by atoms with van der Waals surface area (Å²) >= 11 is 0. The topological polar surface area (TPSA) is 113 Å². The van der Waals surface area contributed by atoms with Crippen LogP contribution < -0.4 is 22.1 Å². The highest BCUT2D eigenvalue weighted by Crippen LogP contribution is 2.06. The zero-order valence-electron chi connectivity index (χ0n) is 12.9. The molecule has 0 spiro atoms. The SMILES string of the molecule is CC(C)CC(=O)NNC(=O)Cn1c(=O)[nH]c(=O)c2ccccc21. The number of benzene rings is 1. The lowest BCUT2D eigenvalue weighted by atomic mass is 10.1. The second-order valence-electron chi connectivity index (χ2n) is 5.56. The molecule has 122 valence electrons. The van der Waals surface area contributed by atoms with E-state index in [1.54, 1.807) is 24.3 Å². The Morgan fingerprint density at radius 3 is 2.48 bits per heavy atom. The molecule has 0 aliphatic heterocycles. The minimum absolute atomic E-state index is 0.165. The number of rotatable bonds is 4. The van der Waals surface area contributed by atoms with Crippen molar-refractivity contribution in [3.05, 3.63) is 45.1 Å². The van der Waals surface area contributed by atoms with Gasteiger partial charge in [0.05, 0.1) is 10.9 Å². The molecule has 0 atom stereocenters. The molecule has 1 aromatic heterocycles. The number of para-hydroxylation sites is 1. The fourth-order valence-corrected chi connectivity index (χ4v) is 2.14. The van der Waals surface area contributed by atoms with Crippen LogP contribution in [0.1, 0.15) is 20.3 Å². The fourth-order valence-electron chi connectivity index (χ4n) is 2.14. The standard InChI is InChI=1S/C15H18N4O4/c1-9(2)7-12(20)17-18-13(21)8-19-11-6-4-3-5-10(11)14(22)16-15(19)23/h3-6,9H,7-8H2,1-2H3,(H,17,20)(H,18,21)(H,16,22,23). The molecular formula is C15H18N4O4. The van der Waals surface area contributed by atoms with E-state index in [1.807, 2.05) is 13.8 Å². The number of nitrogens with zero attached hydrogens (tertiary/aromatic N) is 1. The van der Waals surface area contributed by atoms with Gasteiger partial charge in [0.1, 0.15) is 6.54 Å². The van der Waals surface area contributed by atoms with Crippen LogP contribution in [0.5, 0.6) is 0 Å². The first-order valence-electron chi connectivity index (χ1n) is 7.18. The van der Waals surface area contributed by atoms with E-state index in [4.69, 9.17) is 0 Å². The van der Waals surface area contributed by atoms with Crippen molar-refractivity contribution >= 4 is 22.7 Å². The Morgan fingerprint density at radius 2 is 1.78 bits per heavy atom. The average Bonchev–Trinajstić information content (AvgIpc) is 2.49. The van der Waals surface area contributed by atoms with Crippen LogP contribution in [-0.4, -0.2) is 21.4 Å². The number of carbonyl (C=O) groups excluding carboxylic acids is 2. The number of aromatic nitrogens is 2. The molecule has 0 fully saturated rings. The second kappa shape index (κ2) is 6.91. The Bertz CT molecular complexity index is 850. The molecule has 1 heterocycles. The number of hydrogen-bond acceptors (Lipinski definition) is 4. The van der Waals surface area contributed by atoms with Crippen molar-refractivity contribution in [3.63, 3.8) is 0 Å². The maximum Gasteiger partial charge on any atom is 0.329 e. The Labute approximate surface area is 131 Å². The van der Waals surface area contributed by atoms with Crippen molar-refractivity contribution in [1.82, 2.24) is 20.4 Å². The van der Waals surface area contributed by atoms with Gasteiger partial charge in [-0.3, -0.25) is 34.8 Å². The van der Waals surface area contributed by atoms with Crippen LogP contribution in [0.25, 0.3) is 10.9 Å². The molecule has 0 saturated heterocycles. The maximum absolute atomic E-state index is 11.9. The highest BCUT2D eigenvalue weighted by atomic mass is 16.2. The number of nitrogens with one attached hydrogen (secondary N) is 3. The Morgan fingerprint density at radius 1 is 1.13 bits per heavy atom. The van der Waals surface area contributed by atoms with E-state index < -0.39 is 17.2 Å². The Balaban J connectivity index is 2.16. The Kier molecular flexibility index (Phi) is 4.95. The van der Waals surface area contributed by atoms with Crippen molar-refractivity contribution in [2.75, 3.05) is 0 Å². The summed E-state index contributed by atoms with van der Waals surface area (Å²) in [4.78, 5) is 49.2. The quantitative estimate of drug-likeness (QED) is 0.682. The van der Waals surface area contributed by atoms with Crippen molar-refractivity contribution < 1.29 is 9.59 Å². The summed E-state index contributed by atoms with van der Waals surface area (Å²) in [6.07, 6.45) is 0.280. The van der Waals surface area contributed by atoms with Crippen LogP contribution in [0.4, 0.5) is 0 Å². The number of amides is 2. The predicted molar refractivity (Wildman–Crippen MR) is 84.6 cm³/mol. The third kappa shape index (κ3) is 4.06. The molecule has 0 aliphatic rings. The van der Waals surface area contributed by atoms with Gasteiger partial charge in [0, 0.05) is 6.42 Å². The number of aromatic amines is 1. The monoisotopic (exact) mass is 318 g/mol. The molecule has 2 aromatic rings. The molecule has 0 saturated carbocycles. The molecule has 2 amide bonds. The molecule has 0 aliphatic carbocycles. The van der Waals surface area contributed by atoms with Gasteiger partial charge in [-0.2, -0.15) is 0 Å². The van der Waals surface area contributed by atoms with E-state index in [-0.39, 0.29) is 24.8 Å². The third-order valence-corrected chi connectivity index (χ3v) is 3.14. The molecule has 8 nitrogen and oxygen atoms in total. The van der Waals surface area contributed by atoms with Crippen molar-refractivity contribution in [2.45, 2.75) is 26.8 Å². The van der Waals surface area contributed by atoms with Crippen molar-refractivity contribution in [3.8, 4) is 0 Å². The van der Waals surface area contributed by atoms with E-state index in [0.29, 0.717) is 10.9 Å². The van der Waals surface area contributed by atoms with Crippen LogP contribution in [0.3, 0.4) is 0 Å². The summed E-state index contributed by atoms with van der Waals surface area (Å²) in [6, 6.07) is 6.47. The first-order chi connectivity index (χ1) is 10.9. The largest absolute Gasteiger partial charge is 0.329 e.